The van der Waals surface area contributed by atoms with E-state index in [9.17, 15) is 0 Å². The molecule has 0 atom stereocenters. The van der Waals surface area contributed by atoms with Crippen molar-refractivity contribution in [2.24, 2.45) is 0 Å². The lowest BCUT2D eigenvalue weighted by Crippen LogP contribution is -2.23. The highest BCUT2D eigenvalue weighted by atomic mass is 16.5. The van der Waals surface area contributed by atoms with Crippen molar-refractivity contribution in [3.8, 4) is 5.75 Å². The first-order valence-electron chi connectivity index (χ1n) is 7.37. The maximum Gasteiger partial charge on any atom is 0.160 e. The number of aromatic nitrogens is 2. The Hall–Kier alpha value is -1.42. The van der Waals surface area contributed by atoms with Crippen LogP contribution in [0.25, 0.3) is 0 Å². The second-order valence-electron chi connectivity index (χ2n) is 5.51. The van der Waals surface area contributed by atoms with Crippen LogP contribution in [0.4, 0.5) is 0 Å². The third-order valence-electron chi connectivity index (χ3n) is 2.85. The number of nitrogens with one attached hydrogen (secondary N) is 1. The summed E-state index contributed by atoms with van der Waals surface area (Å²) in [6.45, 7) is 13.5. The third kappa shape index (κ3) is 5.70. The molecule has 20 heavy (non-hydrogen) atoms. The summed E-state index contributed by atoms with van der Waals surface area (Å²) in [6, 6.07) is 0.418. The number of allylic oxidation sites excluding steroid dienone is 1. The van der Waals surface area contributed by atoms with E-state index in [-0.39, 0.29) is 0 Å². The van der Waals surface area contributed by atoms with E-state index >= 15 is 0 Å². The number of hydrogen-bond donors (Lipinski definition) is 1. The van der Waals surface area contributed by atoms with Crippen LogP contribution < -0.4 is 10.1 Å². The van der Waals surface area contributed by atoms with Gasteiger partial charge in [-0.25, -0.2) is 9.97 Å². The van der Waals surface area contributed by atoms with E-state index in [4.69, 9.17) is 4.74 Å². The monoisotopic (exact) mass is 277 g/mol. The SMILES string of the molecule is C=CCCCOc1cnc(C(C)C)nc1CNC(C)C. The maximum atomic E-state index is 5.79. The Labute approximate surface area is 122 Å². The zero-order valence-corrected chi connectivity index (χ0v) is 13.1. The predicted octanol–water partition coefficient (Wildman–Crippen LogP) is 3.44. The molecule has 0 unspecified atom stereocenters. The molecule has 1 heterocycles. The molecule has 0 fully saturated rings. The fourth-order valence-electron chi connectivity index (χ4n) is 1.66. The van der Waals surface area contributed by atoms with Gasteiger partial charge in [-0.05, 0) is 12.8 Å². The Morgan fingerprint density at radius 2 is 2.10 bits per heavy atom. The van der Waals surface area contributed by atoms with Gasteiger partial charge in [-0.15, -0.1) is 6.58 Å². The molecule has 1 aromatic heterocycles. The molecule has 1 aromatic rings. The van der Waals surface area contributed by atoms with E-state index < -0.39 is 0 Å². The van der Waals surface area contributed by atoms with Crippen molar-refractivity contribution in [1.29, 1.82) is 0 Å². The summed E-state index contributed by atoms with van der Waals surface area (Å²) in [4.78, 5) is 9.01. The van der Waals surface area contributed by atoms with Gasteiger partial charge in [0.05, 0.1) is 18.5 Å². The van der Waals surface area contributed by atoms with E-state index in [0.717, 1.165) is 30.1 Å². The van der Waals surface area contributed by atoms with Gasteiger partial charge in [0.2, 0.25) is 0 Å². The van der Waals surface area contributed by atoms with Crippen molar-refractivity contribution in [3.05, 3.63) is 30.4 Å². The summed E-state index contributed by atoms with van der Waals surface area (Å²) < 4.78 is 5.79. The molecule has 112 valence electrons. The molecule has 0 bridgehead atoms. The summed E-state index contributed by atoms with van der Waals surface area (Å²) in [5, 5.41) is 3.38. The number of ether oxygens (including phenoxy) is 1. The van der Waals surface area contributed by atoms with E-state index in [1.807, 2.05) is 6.08 Å². The Kier molecular flexibility index (Phi) is 7.23. The standard InChI is InChI=1S/C16H27N3O/c1-6-7-8-9-20-15-11-18-16(12(2)3)19-14(15)10-17-13(4)5/h6,11-13,17H,1,7-10H2,2-5H3. The van der Waals surface area contributed by atoms with Crippen molar-refractivity contribution in [2.75, 3.05) is 6.61 Å². The number of hydrogen-bond acceptors (Lipinski definition) is 4. The van der Waals surface area contributed by atoms with Crippen LogP contribution in [0.3, 0.4) is 0 Å². The predicted molar refractivity (Wildman–Crippen MR) is 83.0 cm³/mol. The quantitative estimate of drug-likeness (QED) is 0.555. The minimum Gasteiger partial charge on any atom is -0.490 e. The third-order valence-corrected chi connectivity index (χ3v) is 2.85. The van der Waals surface area contributed by atoms with Crippen LogP contribution in [0, 0.1) is 0 Å². The van der Waals surface area contributed by atoms with Gasteiger partial charge in [-0.1, -0.05) is 33.8 Å². The second kappa shape index (κ2) is 8.69. The van der Waals surface area contributed by atoms with E-state index in [1.165, 1.54) is 0 Å². The first-order chi connectivity index (χ1) is 9.54. The molecule has 0 aliphatic rings. The zero-order valence-electron chi connectivity index (χ0n) is 13.1. The minimum absolute atomic E-state index is 0.322. The fraction of sp³-hybridized carbons (Fsp3) is 0.625. The van der Waals surface area contributed by atoms with E-state index in [1.54, 1.807) is 6.20 Å². The molecule has 4 nitrogen and oxygen atoms in total. The lowest BCUT2D eigenvalue weighted by molar-refractivity contribution is 0.304. The number of rotatable bonds is 9. The van der Waals surface area contributed by atoms with Crippen LogP contribution in [-0.2, 0) is 6.54 Å². The smallest absolute Gasteiger partial charge is 0.160 e. The molecule has 0 aromatic carbocycles. The molecule has 1 N–H and O–H groups in total. The van der Waals surface area contributed by atoms with E-state index in [2.05, 4.69) is 49.6 Å². The summed E-state index contributed by atoms with van der Waals surface area (Å²) in [7, 11) is 0. The van der Waals surface area contributed by atoms with Crippen molar-refractivity contribution in [1.82, 2.24) is 15.3 Å². The molecule has 4 heteroatoms. The highest BCUT2D eigenvalue weighted by Crippen LogP contribution is 2.19. The van der Waals surface area contributed by atoms with Crippen LogP contribution >= 0.6 is 0 Å². The minimum atomic E-state index is 0.322. The van der Waals surface area contributed by atoms with Crippen LogP contribution in [0.1, 0.15) is 58.0 Å². The highest BCUT2D eigenvalue weighted by molar-refractivity contribution is 5.25. The summed E-state index contributed by atoms with van der Waals surface area (Å²) >= 11 is 0. The topological polar surface area (TPSA) is 47.0 Å². The van der Waals surface area contributed by atoms with Crippen LogP contribution in [0.15, 0.2) is 18.9 Å². The van der Waals surface area contributed by atoms with Gasteiger partial charge in [-0.2, -0.15) is 0 Å². The van der Waals surface area contributed by atoms with Gasteiger partial charge < -0.3 is 10.1 Å². The average molecular weight is 277 g/mol. The Bertz CT molecular complexity index is 416. The van der Waals surface area contributed by atoms with Crippen molar-refractivity contribution in [2.45, 2.75) is 59.0 Å². The van der Waals surface area contributed by atoms with Gasteiger partial charge in [0.1, 0.15) is 5.82 Å². The van der Waals surface area contributed by atoms with Crippen molar-refractivity contribution in [3.63, 3.8) is 0 Å². The number of unbranched alkanes of at least 4 members (excludes halogenated alkanes) is 1. The van der Waals surface area contributed by atoms with Gasteiger partial charge >= 0.3 is 0 Å². The lowest BCUT2D eigenvalue weighted by atomic mass is 10.2. The van der Waals surface area contributed by atoms with Crippen molar-refractivity contribution < 1.29 is 4.74 Å². The lowest BCUT2D eigenvalue weighted by Gasteiger charge is -2.14. The molecule has 1 rings (SSSR count). The van der Waals surface area contributed by atoms with Gasteiger partial charge in [-0.3, -0.25) is 0 Å². The molecule has 0 saturated heterocycles. The second-order valence-corrected chi connectivity index (χ2v) is 5.51. The summed E-state index contributed by atoms with van der Waals surface area (Å²) in [5.74, 6) is 1.97. The first kappa shape index (κ1) is 16.6. The van der Waals surface area contributed by atoms with Crippen LogP contribution in [0.2, 0.25) is 0 Å². The molecular formula is C16H27N3O. The number of nitrogens with zero attached hydrogens (tertiary/aromatic N) is 2. The van der Waals surface area contributed by atoms with Gasteiger partial charge in [0.15, 0.2) is 5.75 Å². The summed E-state index contributed by atoms with van der Waals surface area (Å²) in [6.07, 6.45) is 5.63. The Balaban J connectivity index is 2.76. The molecular weight excluding hydrogens is 250 g/mol. The Morgan fingerprint density at radius 3 is 2.70 bits per heavy atom. The molecule has 0 spiro atoms. The fourth-order valence-corrected chi connectivity index (χ4v) is 1.66. The molecule has 0 amide bonds. The van der Waals surface area contributed by atoms with Crippen molar-refractivity contribution >= 4 is 0 Å². The van der Waals surface area contributed by atoms with E-state index in [0.29, 0.717) is 25.1 Å². The van der Waals surface area contributed by atoms with Gasteiger partial charge in [0, 0.05) is 18.5 Å². The van der Waals surface area contributed by atoms with Gasteiger partial charge in [0.25, 0.3) is 0 Å². The largest absolute Gasteiger partial charge is 0.490 e. The maximum absolute atomic E-state index is 5.79. The molecule has 0 aliphatic carbocycles. The average Bonchev–Trinajstić information content (AvgIpc) is 2.41. The normalized spacial score (nSPS) is 11.1. The first-order valence-corrected chi connectivity index (χ1v) is 7.37. The molecule has 0 radical (unpaired) electrons. The Morgan fingerprint density at radius 1 is 1.35 bits per heavy atom. The summed E-state index contributed by atoms with van der Waals surface area (Å²) in [5.41, 5.74) is 0.941. The highest BCUT2D eigenvalue weighted by Gasteiger charge is 2.11. The van der Waals surface area contributed by atoms with Crippen LogP contribution in [-0.4, -0.2) is 22.6 Å². The molecule has 0 aliphatic heterocycles. The molecule has 0 saturated carbocycles. The zero-order chi connectivity index (χ0) is 15.0. The van der Waals surface area contributed by atoms with Crippen LogP contribution in [0.5, 0.6) is 5.75 Å².